The number of nitrogens with one attached hydrogen (secondary N) is 1. The van der Waals surface area contributed by atoms with Crippen LogP contribution < -0.4 is 0 Å². The lowest BCUT2D eigenvalue weighted by Gasteiger charge is -2.22. The standard InChI is InChI=1S/C9H13N3O/c1-7(8-5-10-11-6-8)12-13-9-3-2-4-9/h5-6,9H,2-4H2,1H3,(H,10,11)/b12-7+. The lowest BCUT2D eigenvalue weighted by molar-refractivity contribution is 0.00605. The zero-order chi connectivity index (χ0) is 9.10. The Morgan fingerprint density at radius 2 is 2.54 bits per heavy atom. The summed E-state index contributed by atoms with van der Waals surface area (Å²) in [5.74, 6) is 0. The van der Waals surface area contributed by atoms with Crippen molar-refractivity contribution >= 4 is 5.71 Å². The van der Waals surface area contributed by atoms with Crippen LogP contribution in [-0.2, 0) is 4.84 Å². The van der Waals surface area contributed by atoms with E-state index in [-0.39, 0.29) is 0 Å². The quantitative estimate of drug-likeness (QED) is 0.567. The van der Waals surface area contributed by atoms with E-state index in [1.54, 1.807) is 6.20 Å². The molecule has 1 aromatic heterocycles. The Labute approximate surface area is 77.0 Å². The van der Waals surface area contributed by atoms with Gasteiger partial charge >= 0.3 is 0 Å². The summed E-state index contributed by atoms with van der Waals surface area (Å²) >= 11 is 0. The number of H-pyrrole nitrogens is 1. The second-order valence-electron chi connectivity index (χ2n) is 3.32. The predicted molar refractivity (Wildman–Crippen MR) is 49.5 cm³/mol. The first-order valence-corrected chi connectivity index (χ1v) is 4.56. The summed E-state index contributed by atoms with van der Waals surface area (Å²) in [4.78, 5) is 5.31. The van der Waals surface area contributed by atoms with E-state index < -0.39 is 0 Å². The lowest BCUT2D eigenvalue weighted by Crippen LogP contribution is -2.19. The summed E-state index contributed by atoms with van der Waals surface area (Å²) in [7, 11) is 0. The Morgan fingerprint density at radius 3 is 3.08 bits per heavy atom. The summed E-state index contributed by atoms with van der Waals surface area (Å²) in [5.41, 5.74) is 1.86. The van der Waals surface area contributed by atoms with Crippen LogP contribution >= 0.6 is 0 Å². The fourth-order valence-corrected chi connectivity index (χ4v) is 1.13. The Morgan fingerprint density at radius 1 is 1.69 bits per heavy atom. The molecule has 1 fully saturated rings. The number of nitrogens with zero attached hydrogens (tertiary/aromatic N) is 2. The monoisotopic (exact) mass is 179 g/mol. The molecule has 1 aliphatic carbocycles. The molecule has 0 unspecified atom stereocenters. The average molecular weight is 179 g/mol. The Kier molecular flexibility index (Phi) is 2.29. The van der Waals surface area contributed by atoms with Crippen molar-refractivity contribution in [1.82, 2.24) is 10.2 Å². The van der Waals surface area contributed by atoms with Gasteiger partial charge in [0.2, 0.25) is 0 Å². The van der Waals surface area contributed by atoms with Crippen LogP contribution in [0.2, 0.25) is 0 Å². The van der Waals surface area contributed by atoms with E-state index in [2.05, 4.69) is 15.4 Å². The lowest BCUT2D eigenvalue weighted by atomic mass is 9.97. The largest absolute Gasteiger partial charge is 0.392 e. The molecular formula is C9H13N3O. The van der Waals surface area contributed by atoms with Gasteiger partial charge in [-0.15, -0.1) is 0 Å². The van der Waals surface area contributed by atoms with Crippen molar-refractivity contribution in [3.63, 3.8) is 0 Å². The van der Waals surface area contributed by atoms with Crippen molar-refractivity contribution in [3.8, 4) is 0 Å². The second kappa shape index (κ2) is 3.60. The molecule has 0 atom stereocenters. The molecule has 13 heavy (non-hydrogen) atoms. The molecule has 1 aliphatic rings. The van der Waals surface area contributed by atoms with E-state index in [0.717, 1.165) is 24.1 Å². The second-order valence-corrected chi connectivity index (χ2v) is 3.32. The molecule has 1 N–H and O–H groups in total. The highest BCUT2D eigenvalue weighted by atomic mass is 16.6. The molecule has 4 nitrogen and oxygen atoms in total. The normalized spacial score (nSPS) is 18.4. The Hall–Kier alpha value is -1.32. The first kappa shape index (κ1) is 8.29. The first-order chi connectivity index (χ1) is 6.36. The van der Waals surface area contributed by atoms with Gasteiger partial charge in [0.05, 0.1) is 11.9 Å². The molecule has 0 radical (unpaired) electrons. The maximum Gasteiger partial charge on any atom is 0.127 e. The smallest absolute Gasteiger partial charge is 0.127 e. The summed E-state index contributed by atoms with van der Waals surface area (Å²) in [6.45, 7) is 1.92. The minimum atomic E-state index is 0.349. The Balaban J connectivity index is 1.91. The number of hydrogen-bond donors (Lipinski definition) is 1. The van der Waals surface area contributed by atoms with Crippen LogP contribution in [0.15, 0.2) is 17.5 Å². The third-order valence-electron chi connectivity index (χ3n) is 2.31. The molecule has 0 amide bonds. The van der Waals surface area contributed by atoms with Crippen LogP contribution in [-0.4, -0.2) is 22.0 Å². The van der Waals surface area contributed by atoms with Crippen molar-refractivity contribution in [3.05, 3.63) is 18.0 Å². The van der Waals surface area contributed by atoms with Crippen LogP contribution in [0.25, 0.3) is 0 Å². The molecule has 70 valence electrons. The van der Waals surface area contributed by atoms with Crippen molar-refractivity contribution in [1.29, 1.82) is 0 Å². The third-order valence-corrected chi connectivity index (χ3v) is 2.31. The highest BCUT2D eigenvalue weighted by Crippen LogP contribution is 2.22. The fraction of sp³-hybridized carbons (Fsp3) is 0.556. The summed E-state index contributed by atoms with van der Waals surface area (Å²) < 4.78 is 0. The van der Waals surface area contributed by atoms with E-state index in [1.165, 1.54) is 6.42 Å². The van der Waals surface area contributed by atoms with Crippen molar-refractivity contribution in [2.45, 2.75) is 32.3 Å². The van der Waals surface area contributed by atoms with Crippen molar-refractivity contribution in [2.24, 2.45) is 5.16 Å². The van der Waals surface area contributed by atoms with Crippen molar-refractivity contribution < 1.29 is 4.84 Å². The predicted octanol–water partition coefficient (Wildman–Crippen LogP) is 1.70. The number of aromatic nitrogens is 2. The van der Waals surface area contributed by atoms with E-state index in [0.29, 0.717) is 6.10 Å². The fourth-order valence-electron chi connectivity index (χ4n) is 1.13. The Bertz CT molecular complexity index is 288. The minimum Gasteiger partial charge on any atom is -0.392 e. The maximum atomic E-state index is 5.31. The van der Waals surface area contributed by atoms with Crippen LogP contribution in [0.5, 0.6) is 0 Å². The van der Waals surface area contributed by atoms with Gasteiger partial charge in [0.1, 0.15) is 6.10 Å². The highest BCUT2D eigenvalue weighted by Gasteiger charge is 2.18. The minimum absolute atomic E-state index is 0.349. The van der Waals surface area contributed by atoms with Crippen LogP contribution in [0, 0.1) is 0 Å². The average Bonchev–Trinajstić information content (AvgIpc) is 2.52. The zero-order valence-corrected chi connectivity index (χ0v) is 7.66. The SMILES string of the molecule is C/C(=N\OC1CCC1)c1cn[nH]c1. The van der Waals surface area contributed by atoms with Gasteiger partial charge < -0.3 is 4.84 Å². The highest BCUT2D eigenvalue weighted by molar-refractivity contribution is 5.97. The molecule has 0 saturated heterocycles. The molecule has 0 aromatic carbocycles. The topological polar surface area (TPSA) is 50.3 Å². The molecule has 2 rings (SSSR count). The van der Waals surface area contributed by atoms with Gasteiger partial charge in [-0.25, -0.2) is 0 Å². The van der Waals surface area contributed by atoms with Gasteiger partial charge in [0.15, 0.2) is 0 Å². The number of hydrogen-bond acceptors (Lipinski definition) is 3. The summed E-state index contributed by atoms with van der Waals surface area (Å²) in [6, 6.07) is 0. The van der Waals surface area contributed by atoms with Crippen molar-refractivity contribution in [2.75, 3.05) is 0 Å². The van der Waals surface area contributed by atoms with Gasteiger partial charge in [-0.05, 0) is 26.2 Å². The molecular weight excluding hydrogens is 166 g/mol. The molecule has 0 aliphatic heterocycles. The van der Waals surface area contributed by atoms with Gasteiger partial charge in [-0.2, -0.15) is 5.10 Å². The van der Waals surface area contributed by atoms with Crippen LogP contribution in [0.3, 0.4) is 0 Å². The van der Waals surface area contributed by atoms with Gasteiger partial charge in [0.25, 0.3) is 0 Å². The number of oxime groups is 1. The first-order valence-electron chi connectivity index (χ1n) is 4.56. The van der Waals surface area contributed by atoms with Crippen LogP contribution in [0.1, 0.15) is 31.7 Å². The number of aromatic amines is 1. The van der Waals surface area contributed by atoms with Gasteiger partial charge in [0, 0.05) is 11.8 Å². The summed E-state index contributed by atoms with van der Waals surface area (Å²) in [5, 5.41) is 10.6. The van der Waals surface area contributed by atoms with Gasteiger partial charge in [-0.3, -0.25) is 5.10 Å². The molecule has 0 spiro atoms. The van der Waals surface area contributed by atoms with E-state index in [1.807, 2.05) is 13.1 Å². The van der Waals surface area contributed by atoms with Gasteiger partial charge in [-0.1, -0.05) is 5.16 Å². The summed E-state index contributed by atoms with van der Waals surface area (Å²) in [6.07, 6.45) is 7.45. The molecule has 1 aromatic rings. The molecule has 0 bridgehead atoms. The molecule has 1 saturated carbocycles. The van der Waals surface area contributed by atoms with E-state index >= 15 is 0 Å². The molecule has 1 heterocycles. The van der Waals surface area contributed by atoms with Crippen LogP contribution in [0.4, 0.5) is 0 Å². The maximum absolute atomic E-state index is 5.31. The zero-order valence-electron chi connectivity index (χ0n) is 7.66. The molecule has 4 heteroatoms. The number of rotatable bonds is 3. The van der Waals surface area contributed by atoms with E-state index in [4.69, 9.17) is 4.84 Å². The third kappa shape index (κ3) is 1.88. The van der Waals surface area contributed by atoms with E-state index in [9.17, 15) is 0 Å².